The molecule has 1 aliphatic rings. The molecule has 27 heavy (non-hydrogen) atoms. The van der Waals surface area contributed by atoms with Crippen LogP contribution in [0, 0.1) is 11.6 Å². The molecule has 2 aromatic heterocycles. The van der Waals surface area contributed by atoms with Gasteiger partial charge in [-0.15, -0.1) is 0 Å². The Hall–Kier alpha value is -3.03. The van der Waals surface area contributed by atoms with E-state index >= 15 is 0 Å². The second-order valence-electron chi connectivity index (χ2n) is 6.68. The van der Waals surface area contributed by atoms with Crippen LogP contribution in [0.3, 0.4) is 0 Å². The number of alkyl halides is 1. The highest BCUT2D eigenvalue weighted by Crippen LogP contribution is 2.32. The lowest BCUT2D eigenvalue weighted by molar-refractivity contribution is 0.100. The average Bonchev–Trinajstić information content (AvgIpc) is 3.24. The number of carbonyl (C=O) groups is 1. The standard InChI is InChI=1S/C19H17F3N4O/c20-13-5-4-10(6-15(13)22)11-7-17-18(25-16-3-1-2-14(16)21)12(19(23)27)8-24-26(17)9-11/h4-9,14,16,25H,1-3H2,(H2,23,27)/t14-,16+/m0/s1. The molecule has 2 atom stereocenters. The average molecular weight is 374 g/mol. The quantitative estimate of drug-likeness (QED) is 0.732. The van der Waals surface area contributed by atoms with Crippen molar-refractivity contribution in [1.82, 2.24) is 9.61 Å². The van der Waals surface area contributed by atoms with E-state index in [-0.39, 0.29) is 5.56 Å². The van der Waals surface area contributed by atoms with Crippen molar-refractivity contribution >= 4 is 17.1 Å². The third-order valence-corrected chi connectivity index (χ3v) is 4.92. The number of nitrogens with two attached hydrogens (primary N) is 1. The minimum Gasteiger partial charge on any atom is -0.377 e. The number of fused-ring (bicyclic) bond motifs is 1. The first-order chi connectivity index (χ1) is 12.9. The Morgan fingerprint density at radius 1 is 1.19 bits per heavy atom. The summed E-state index contributed by atoms with van der Waals surface area (Å²) < 4.78 is 42.3. The summed E-state index contributed by atoms with van der Waals surface area (Å²) in [6.45, 7) is 0. The lowest BCUT2D eigenvalue weighted by Crippen LogP contribution is -2.27. The fraction of sp³-hybridized carbons (Fsp3) is 0.263. The summed E-state index contributed by atoms with van der Waals surface area (Å²) in [5.74, 6) is -2.58. The number of aromatic nitrogens is 2. The summed E-state index contributed by atoms with van der Waals surface area (Å²) >= 11 is 0. The van der Waals surface area contributed by atoms with E-state index in [0.29, 0.717) is 35.2 Å². The van der Waals surface area contributed by atoms with Crippen LogP contribution < -0.4 is 11.1 Å². The molecule has 1 aromatic carbocycles. The van der Waals surface area contributed by atoms with Gasteiger partial charge in [-0.3, -0.25) is 4.79 Å². The van der Waals surface area contributed by atoms with Crippen LogP contribution in [0.4, 0.5) is 18.9 Å². The highest BCUT2D eigenvalue weighted by Gasteiger charge is 2.29. The van der Waals surface area contributed by atoms with Gasteiger partial charge in [0.15, 0.2) is 11.6 Å². The summed E-state index contributed by atoms with van der Waals surface area (Å²) in [5, 5.41) is 7.26. The highest BCUT2D eigenvalue weighted by molar-refractivity contribution is 6.02. The highest BCUT2D eigenvalue weighted by atomic mass is 19.2. The fourth-order valence-electron chi connectivity index (χ4n) is 3.49. The Kier molecular flexibility index (Phi) is 4.25. The summed E-state index contributed by atoms with van der Waals surface area (Å²) in [7, 11) is 0. The zero-order valence-electron chi connectivity index (χ0n) is 14.3. The normalized spacial score (nSPS) is 19.5. The number of anilines is 1. The molecule has 0 aliphatic heterocycles. The number of benzene rings is 1. The molecule has 1 fully saturated rings. The number of rotatable bonds is 4. The Morgan fingerprint density at radius 2 is 2.00 bits per heavy atom. The summed E-state index contributed by atoms with van der Waals surface area (Å²) in [5.41, 5.74) is 7.53. The van der Waals surface area contributed by atoms with Gasteiger partial charge in [0.25, 0.3) is 5.91 Å². The van der Waals surface area contributed by atoms with Gasteiger partial charge in [0.1, 0.15) is 6.17 Å². The van der Waals surface area contributed by atoms with Crippen LogP contribution in [0.5, 0.6) is 0 Å². The number of nitrogens with zero attached hydrogens (tertiary/aromatic N) is 2. The smallest absolute Gasteiger partial charge is 0.252 e. The maximum Gasteiger partial charge on any atom is 0.252 e. The predicted molar refractivity (Wildman–Crippen MR) is 95.2 cm³/mol. The van der Waals surface area contributed by atoms with Crippen LogP contribution in [0.15, 0.2) is 36.7 Å². The molecule has 1 saturated carbocycles. The van der Waals surface area contributed by atoms with Crippen molar-refractivity contribution in [3.05, 3.63) is 53.9 Å². The van der Waals surface area contributed by atoms with Crippen molar-refractivity contribution < 1.29 is 18.0 Å². The number of nitrogens with one attached hydrogen (secondary N) is 1. The van der Waals surface area contributed by atoms with Crippen LogP contribution in [-0.4, -0.2) is 27.7 Å². The van der Waals surface area contributed by atoms with Gasteiger partial charge in [-0.2, -0.15) is 5.10 Å². The first-order valence-corrected chi connectivity index (χ1v) is 8.61. The van der Waals surface area contributed by atoms with Crippen LogP contribution in [-0.2, 0) is 0 Å². The molecule has 0 spiro atoms. The number of halogens is 3. The first kappa shape index (κ1) is 17.4. The molecule has 4 rings (SSSR count). The van der Waals surface area contributed by atoms with Crippen molar-refractivity contribution in [1.29, 1.82) is 0 Å². The number of hydrogen-bond acceptors (Lipinski definition) is 3. The van der Waals surface area contributed by atoms with Gasteiger partial charge in [0, 0.05) is 11.8 Å². The lowest BCUT2D eigenvalue weighted by Gasteiger charge is -2.19. The van der Waals surface area contributed by atoms with Gasteiger partial charge in [-0.05, 0) is 43.0 Å². The zero-order valence-corrected chi connectivity index (χ0v) is 14.3. The molecule has 1 amide bonds. The van der Waals surface area contributed by atoms with E-state index in [2.05, 4.69) is 10.4 Å². The van der Waals surface area contributed by atoms with Crippen molar-refractivity contribution in [2.45, 2.75) is 31.5 Å². The molecule has 140 valence electrons. The fourth-order valence-corrected chi connectivity index (χ4v) is 3.49. The SMILES string of the molecule is NC(=O)c1cnn2cc(-c3ccc(F)c(F)c3)cc2c1N[C@@H]1CCC[C@@H]1F. The third-order valence-electron chi connectivity index (χ3n) is 4.92. The lowest BCUT2D eigenvalue weighted by atomic mass is 10.1. The Morgan fingerprint density at radius 3 is 2.67 bits per heavy atom. The van der Waals surface area contributed by atoms with E-state index < -0.39 is 29.8 Å². The zero-order chi connectivity index (χ0) is 19.1. The van der Waals surface area contributed by atoms with Crippen molar-refractivity contribution in [3.8, 4) is 11.1 Å². The molecule has 0 radical (unpaired) electrons. The molecule has 3 aromatic rings. The summed E-state index contributed by atoms with van der Waals surface area (Å²) in [6, 6.07) is 4.83. The number of primary amides is 1. The summed E-state index contributed by atoms with van der Waals surface area (Å²) in [4.78, 5) is 11.8. The van der Waals surface area contributed by atoms with E-state index in [9.17, 15) is 18.0 Å². The van der Waals surface area contributed by atoms with Crippen LogP contribution in [0.1, 0.15) is 29.6 Å². The van der Waals surface area contributed by atoms with Gasteiger partial charge < -0.3 is 11.1 Å². The van der Waals surface area contributed by atoms with E-state index in [1.54, 1.807) is 12.3 Å². The van der Waals surface area contributed by atoms with E-state index in [4.69, 9.17) is 5.73 Å². The van der Waals surface area contributed by atoms with Gasteiger partial charge in [0.05, 0.1) is 29.0 Å². The van der Waals surface area contributed by atoms with E-state index in [1.165, 1.54) is 16.8 Å². The van der Waals surface area contributed by atoms with Gasteiger partial charge >= 0.3 is 0 Å². The minimum absolute atomic E-state index is 0.150. The largest absolute Gasteiger partial charge is 0.377 e. The molecule has 2 heterocycles. The van der Waals surface area contributed by atoms with Crippen molar-refractivity contribution in [2.75, 3.05) is 5.32 Å². The molecule has 3 N–H and O–H groups in total. The molecular weight excluding hydrogens is 357 g/mol. The Balaban J connectivity index is 1.83. The number of carbonyl (C=O) groups excluding carboxylic acids is 1. The molecule has 1 aliphatic carbocycles. The monoisotopic (exact) mass is 374 g/mol. The molecule has 8 heteroatoms. The maximum absolute atomic E-state index is 14.1. The van der Waals surface area contributed by atoms with Crippen molar-refractivity contribution in [3.63, 3.8) is 0 Å². The predicted octanol–water partition coefficient (Wildman–Crippen LogP) is 3.68. The van der Waals surface area contributed by atoms with E-state index in [1.807, 2.05) is 0 Å². The van der Waals surface area contributed by atoms with Gasteiger partial charge in [-0.1, -0.05) is 6.07 Å². The number of amides is 1. The molecule has 0 saturated heterocycles. The van der Waals surface area contributed by atoms with Crippen LogP contribution >= 0.6 is 0 Å². The summed E-state index contributed by atoms with van der Waals surface area (Å²) in [6.07, 6.45) is 3.79. The van der Waals surface area contributed by atoms with Gasteiger partial charge in [0.2, 0.25) is 0 Å². The van der Waals surface area contributed by atoms with Gasteiger partial charge in [-0.25, -0.2) is 17.7 Å². The first-order valence-electron chi connectivity index (χ1n) is 8.61. The molecule has 5 nitrogen and oxygen atoms in total. The maximum atomic E-state index is 14.1. The minimum atomic E-state index is -1.01. The molecular formula is C19H17F3N4O. The van der Waals surface area contributed by atoms with Crippen LogP contribution in [0.25, 0.3) is 16.6 Å². The topological polar surface area (TPSA) is 72.4 Å². The van der Waals surface area contributed by atoms with Crippen molar-refractivity contribution in [2.24, 2.45) is 5.73 Å². The number of hydrogen-bond donors (Lipinski definition) is 2. The Bertz CT molecular complexity index is 1030. The third kappa shape index (κ3) is 3.11. The molecule has 0 bridgehead atoms. The second-order valence-corrected chi connectivity index (χ2v) is 6.68. The Labute approximate surface area is 153 Å². The van der Waals surface area contributed by atoms with E-state index in [0.717, 1.165) is 18.6 Å². The molecule has 0 unspecified atom stereocenters. The van der Waals surface area contributed by atoms with Crippen LogP contribution in [0.2, 0.25) is 0 Å². The second kappa shape index (κ2) is 6.61.